The quantitative estimate of drug-likeness (QED) is 0.629. The summed E-state index contributed by atoms with van der Waals surface area (Å²) in [6.07, 6.45) is 3.52. The van der Waals surface area contributed by atoms with Crippen molar-refractivity contribution in [3.05, 3.63) is 16.0 Å². The number of aryl methyl sites for hydroxylation is 1. The molecule has 1 saturated heterocycles. The molecule has 2 heterocycles. The molecule has 0 spiro atoms. The molecule has 1 aromatic rings. The SMILES string of the molecule is Cc1nc(NC(=O)C(C)C)[nH]c(=O)c1/N=C\C(C)C(C)[C@H]1CC[C@@H](CO)O1. The van der Waals surface area contributed by atoms with Crippen LogP contribution >= 0.6 is 0 Å². The highest BCUT2D eigenvalue weighted by molar-refractivity contribution is 5.90. The summed E-state index contributed by atoms with van der Waals surface area (Å²) in [5.41, 5.74) is 0.290. The standard InChI is InChI=1S/C19H30N4O4/c1-10(2)17(25)22-19-21-13(5)16(18(26)23-19)20-8-11(3)12(4)15-7-6-14(9-24)27-15/h8,10-12,14-15,24H,6-7,9H2,1-5H3,(H2,21,22,23,25,26)/b20-8-/t11?,12?,14-,15+/m0/s1. The molecular weight excluding hydrogens is 348 g/mol. The highest BCUT2D eigenvalue weighted by Gasteiger charge is 2.31. The van der Waals surface area contributed by atoms with Crippen molar-refractivity contribution in [3.8, 4) is 0 Å². The lowest BCUT2D eigenvalue weighted by Crippen LogP contribution is -2.26. The second-order valence-corrected chi connectivity index (χ2v) is 7.55. The third kappa shape index (κ3) is 5.46. The molecule has 1 fully saturated rings. The number of ether oxygens (including phenoxy) is 1. The highest BCUT2D eigenvalue weighted by Crippen LogP contribution is 2.29. The number of hydrogen-bond acceptors (Lipinski definition) is 6. The Kier molecular flexibility index (Phi) is 7.26. The normalized spacial score (nSPS) is 22.3. The second kappa shape index (κ2) is 9.23. The van der Waals surface area contributed by atoms with Gasteiger partial charge in [0.25, 0.3) is 5.56 Å². The first-order valence-electron chi connectivity index (χ1n) is 9.45. The van der Waals surface area contributed by atoms with Crippen LogP contribution in [0.2, 0.25) is 0 Å². The summed E-state index contributed by atoms with van der Waals surface area (Å²) in [5, 5.41) is 11.8. The number of nitrogens with zero attached hydrogens (tertiary/aromatic N) is 2. The number of nitrogens with one attached hydrogen (secondary N) is 2. The van der Waals surface area contributed by atoms with Crippen LogP contribution in [-0.2, 0) is 9.53 Å². The minimum absolute atomic E-state index is 0.0472. The molecule has 1 aliphatic rings. The van der Waals surface area contributed by atoms with E-state index >= 15 is 0 Å². The van der Waals surface area contributed by atoms with Gasteiger partial charge in [0.05, 0.1) is 24.5 Å². The summed E-state index contributed by atoms with van der Waals surface area (Å²) in [6, 6.07) is 0. The van der Waals surface area contributed by atoms with E-state index in [1.807, 2.05) is 6.92 Å². The molecule has 1 aromatic heterocycles. The molecule has 150 valence electrons. The molecule has 4 atom stereocenters. The van der Waals surface area contributed by atoms with Crippen molar-refractivity contribution in [2.75, 3.05) is 11.9 Å². The fourth-order valence-electron chi connectivity index (χ4n) is 2.97. The number of carbonyl (C=O) groups is 1. The number of hydrogen-bond donors (Lipinski definition) is 3. The Morgan fingerprint density at radius 1 is 1.41 bits per heavy atom. The third-order valence-corrected chi connectivity index (χ3v) is 5.03. The van der Waals surface area contributed by atoms with Crippen molar-refractivity contribution in [2.45, 2.75) is 59.7 Å². The summed E-state index contributed by atoms with van der Waals surface area (Å²) in [4.78, 5) is 35.2. The van der Waals surface area contributed by atoms with E-state index in [2.05, 4.69) is 27.2 Å². The minimum Gasteiger partial charge on any atom is -0.394 e. The van der Waals surface area contributed by atoms with Gasteiger partial charge >= 0.3 is 0 Å². The van der Waals surface area contributed by atoms with Crippen molar-refractivity contribution in [1.82, 2.24) is 9.97 Å². The first kappa shape index (κ1) is 21.2. The van der Waals surface area contributed by atoms with Gasteiger partial charge in [0, 0.05) is 12.1 Å². The predicted octanol–water partition coefficient (Wildman–Crippen LogP) is 2.19. The van der Waals surface area contributed by atoms with Crippen LogP contribution in [0.1, 0.15) is 46.2 Å². The van der Waals surface area contributed by atoms with E-state index in [1.165, 1.54) is 0 Å². The van der Waals surface area contributed by atoms with Gasteiger partial charge in [0.2, 0.25) is 11.9 Å². The highest BCUT2D eigenvalue weighted by atomic mass is 16.5. The number of aliphatic hydroxyl groups excluding tert-OH is 1. The fraction of sp³-hybridized carbons (Fsp3) is 0.684. The molecule has 0 aliphatic carbocycles. The van der Waals surface area contributed by atoms with Gasteiger partial charge in [-0.05, 0) is 31.6 Å². The smallest absolute Gasteiger partial charge is 0.278 e. The van der Waals surface area contributed by atoms with Crippen LogP contribution in [0, 0.1) is 24.7 Å². The Balaban J connectivity index is 2.07. The average molecular weight is 378 g/mol. The van der Waals surface area contributed by atoms with Gasteiger partial charge in [-0.3, -0.25) is 24.9 Å². The number of aliphatic hydroxyl groups is 1. The predicted molar refractivity (Wildman–Crippen MR) is 105 cm³/mol. The minimum atomic E-state index is -0.393. The number of H-pyrrole nitrogens is 1. The van der Waals surface area contributed by atoms with E-state index in [0.717, 1.165) is 12.8 Å². The second-order valence-electron chi connectivity index (χ2n) is 7.55. The maximum absolute atomic E-state index is 12.3. The van der Waals surface area contributed by atoms with E-state index in [-0.39, 0.29) is 54.1 Å². The van der Waals surface area contributed by atoms with Crippen LogP contribution in [0.15, 0.2) is 9.79 Å². The number of aromatic nitrogens is 2. The van der Waals surface area contributed by atoms with Crippen LogP contribution in [-0.4, -0.2) is 46.0 Å². The summed E-state index contributed by atoms with van der Waals surface area (Å²) >= 11 is 0. The van der Waals surface area contributed by atoms with E-state index in [4.69, 9.17) is 4.74 Å². The zero-order chi connectivity index (χ0) is 20.1. The number of amides is 1. The van der Waals surface area contributed by atoms with Crippen LogP contribution in [0.5, 0.6) is 0 Å². The first-order valence-corrected chi connectivity index (χ1v) is 9.45. The van der Waals surface area contributed by atoms with Crippen molar-refractivity contribution >= 4 is 23.8 Å². The molecule has 2 unspecified atom stereocenters. The summed E-state index contributed by atoms with van der Waals surface area (Å²) in [6.45, 7) is 9.37. The fourth-order valence-corrected chi connectivity index (χ4v) is 2.97. The third-order valence-electron chi connectivity index (χ3n) is 5.03. The van der Waals surface area contributed by atoms with E-state index < -0.39 is 5.56 Å². The number of carbonyl (C=O) groups excluding carboxylic acids is 1. The molecule has 1 amide bonds. The molecule has 1 aliphatic heterocycles. The Morgan fingerprint density at radius 2 is 2.11 bits per heavy atom. The van der Waals surface area contributed by atoms with Crippen LogP contribution in [0.25, 0.3) is 0 Å². The maximum atomic E-state index is 12.3. The molecule has 2 rings (SSSR count). The monoisotopic (exact) mass is 378 g/mol. The number of rotatable bonds is 7. The zero-order valence-electron chi connectivity index (χ0n) is 16.7. The van der Waals surface area contributed by atoms with Crippen LogP contribution in [0.3, 0.4) is 0 Å². The lowest BCUT2D eigenvalue weighted by atomic mass is 9.90. The molecule has 27 heavy (non-hydrogen) atoms. The molecule has 8 nitrogen and oxygen atoms in total. The molecular formula is C19H30N4O4. The average Bonchev–Trinajstić information content (AvgIpc) is 3.09. The maximum Gasteiger partial charge on any atom is 0.278 e. The number of aliphatic imine (C=N–C) groups is 1. The van der Waals surface area contributed by atoms with Crippen molar-refractivity contribution in [3.63, 3.8) is 0 Å². The van der Waals surface area contributed by atoms with Gasteiger partial charge in [-0.15, -0.1) is 0 Å². The molecule has 0 radical (unpaired) electrons. The Bertz CT molecular complexity index is 744. The summed E-state index contributed by atoms with van der Waals surface area (Å²) < 4.78 is 5.83. The van der Waals surface area contributed by atoms with Gasteiger partial charge in [-0.2, -0.15) is 0 Å². The van der Waals surface area contributed by atoms with Crippen LogP contribution in [0.4, 0.5) is 11.6 Å². The Hall–Kier alpha value is -2.06. The zero-order valence-corrected chi connectivity index (χ0v) is 16.7. The van der Waals surface area contributed by atoms with Gasteiger partial charge in [-0.1, -0.05) is 27.7 Å². The lowest BCUT2D eigenvalue weighted by Gasteiger charge is -2.23. The topological polar surface area (TPSA) is 117 Å². The van der Waals surface area contributed by atoms with E-state index in [1.54, 1.807) is 27.0 Å². The van der Waals surface area contributed by atoms with Crippen LogP contribution < -0.4 is 10.9 Å². The molecule has 3 N–H and O–H groups in total. The van der Waals surface area contributed by atoms with Gasteiger partial charge < -0.3 is 9.84 Å². The van der Waals surface area contributed by atoms with Crippen molar-refractivity contribution in [2.24, 2.45) is 22.7 Å². The van der Waals surface area contributed by atoms with Crippen molar-refractivity contribution < 1.29 is 14.6 Å². The summed E-state index contributed by atoms with van der Waals surface area (Å²) in [5.74, 6) is 0.00709. The Labute approximate surface area is 159 Å². The lowest BCUT2D eigenvalue weighted by molar-refractivity contribution is -0.118. The van der Waals surface area contributed by atoms with Gasteiger partial charge in [-0.25, -0.2) is 4.98 Å². The number of aromatic amines is 1. The molecule has 0 saturated carbocycles. The molecule has 8 heteroatoms. The molecule has 0 bridgehead atoms. The van der Waals surface area contributed by atoms with E-state index in [9.17, 15) is 14.7 Å². The Morgan fingerprint density at radius 3 is 2.67 bits per heavy atom. The van der Waals surface area contributed by atoms with E-state index in [0.29, 0.717) is 5.69 Å². The van der Waals surface area contributed by atoms with Crippen molar-refractivity contribution in [1.29, 1.82) is 0 Å². The largest absolute Gasteiger partial charge is 0.394 e. The molecule has 0 aromatic carbocycles. The first-order chi connectivity index (χ1) is 12.7. The summed E-state index contributed by atoms with van der Waals surface area (Å²) in [7, 11) is 0. The van der Waals surface area contributed by atoms with Gasteiger partial charge in [0.1, 0.15) is 5.69 Å². The van der Waals surface area contributed by atoms with Gasteiger partial charge in [0.15, 0.2) is 0 Å². The number of anilines is 1.